The molecule has 2 aromatic rings. The Kier molecular flexibility index (Phi) is 1.48. The van der Waals surface area contributed by atoms with Crippen LogP contribution in [-0.2, 0) is 0 Å². The number of rotatable bonds is 1. The Hall–Kier alpha value is -1.97. The number of aromatic nitrogens is 1. The number of carbonyl (C=O) groups is 1. The highest BCUT2D eigenvalue weighted by molar-refractivity contribution is 5.97. The summed E-state index contributed by atoms with van der Waals surface area (Å²) in [5, 5.41) is 0.933. The van der Waals surface area contributed by atoms with E-state index in [0.717, 1.165) is 10.9 Å². The Morgan fingerprint density at radius 3 is 2.77 bits per heavy atom. The molecular formula is C9H9N3O. The van der Waals surface area contributed by atoms with Gasteiger partial charge in [-0.25, -0.2) is 0 Å². The van der Waals surface area contributed by atoms with E-state index in [1.807, 2.05) is 6.07 Å². The summed E-state index contributed by atoms with van der Waals surface area (Å²) in [7, 11) is 0. The van der Waals surface area contributed by atoms with Crippen molar-refractivity contribution < 1.29 is 4.79 Å². The summed E-state index contributed by atoms with van der Waals surface area (Å²) >= 11 is 0. The number of H-pyrrole nitrogens is 1. The molecule has 2 rings (SSSR count). The second-order valence-electron chi connectivity index (χ2n) is 2.89. The van der Waals surface area contributed by atoms with E-state index in [9.17, 15) is 4.79 Å². The summed E-state index contributed by atoms with van der Waals surface area (Å²) in [6.07, 6.45) is 0. The van der Waals surface area contributed by atoms with Crippen LogP contribution in [0.5, 0.6) is 0 Å². The van der Waals surface area contributed by atoms with Gasteiger partial charge in [0.2, 0.25) is 0 Å². The van der Waals surface area contributed by atoms with Crippen molar-refractivity contribution in [3.8, 4) is 0 Å². The van der Waals surface area contributed by atoms with E-state index >= 15 is 0 Å². The molecule has 0 aliphatic carbocycles. The van der Waals surface area contributed by atoms with Crippen LogP contribution in [0.1, 0.15) is 10.5 Å². The molecule has 0 saturated carbocycles. The smallest absolute Gasteiger partial charge is 0.265 e. The topological polar surface area (TPSA) is 84.9 Å². The molecule has 66 valence electrons. The van der Waals surface area contributed by atoms with Crippen molar-refractivity contribution in [3.05, 3.63) is 30.0 Å². The van der Waals surface area contributed by atoms with Crippen LogP contribution in [-0.4, -0.2) is 10.9 Å². The fourth-order valence-corrected chi connectivity index (χ4v) is 1.28. The summed E-state index contributed by atoms with van der Waals surface area (Å²) < 4.78 is 0. The zero-order valence-corrected chi connectivity index (χ0v) is 6.87. The molecular weight excluding hydrogens is 166 g/mol. The van der Waals surface area contributed by atoms with Crippen LogP contribution in [0, 0.1) is 0 Å². The molecule has 4 nitrogen and oxygen atoms in total. The van der Waals surface area contributed by atoms with Crippen LogP contribution < -0.4 is 11.5 Å². The highest BCUT2D eigenvalue weighted by Gasteiger charge is 2.04. The Balaban J connectivity index is 2.68. The average Bonchev–Trinajstić information content (AvgIpc) is 2.46. The number of hydrogen-bond donors (Lipinski definition) is 3. The van der Waals surface area contributed by atoms with Crippen molar-refractivity contribution in [2.75, 3.05) is 5.73 Å². The largest absolute Gasteiger partial charge is 0.399 e. The van der Waals surface area contributed by atoms with Gasteiger partial charge in [-0.1, -0.05) is 6.07 Å². The minimum atomic E-state index is -0.463. The zero-order valence-electron chi connectivity index (χ0n) is 6.87. The lowest BCUT2D eigenvalue weighted by molar-refractivity contribution is 0.0996. The third-order valence-electron chi connectivity index (χ3n) is 1.91. The number of primary amides is 1. The van der Waals surface area contributed by atoms with E-state index in [4.69, 9.17) is 11.5 Å². The molecule has 0 atom stereocenters. The van der Waals surface area contributed by atoms with Gasteiger partial charge in [-0.2, -0.15) is 0 Å². The van der Waals surface area contributed by atoms with Crippen molar-refractivity contribution >= 4 is 22.5 Å². The van der Waals surface area contributed by atoms with E-state index in [1.54, 1.807) is 18.2 Å². The second kappa shape index (κ2) is 2.52. The molecule has 0 fully saturated rings. The summed E-state index contributed by atoms with van der Waals surface area (Å²) in [4.78, 5) is 13.7. The first kappa shape index (κ1) is 7.67. The maximum atomic E-state index is 10.8. The van der Waals surface area contributed by atoms with Crippen molar-refractivity contribution in [1.82, 2.24) is 4.98 Å². The first-order valence-corrected chi connectivity index (χ1v) is 3.85. The fourth-order valence-electron chi connectivity index (χ4n) is 1.28. The molecule has 0 aliphatic heterocycles. The Labute approximate surface area is 74.5 Å². The summed E-state index contributed by atoms with van der Waals surface area (Å²) in [6.45, 7) is 0. The van der Waals surface area contributed by atoms with Gasteiger partial charge in [0.05, 0.1) is 0 Å². The Morgan fingerprint density at radius 1 is 1.31 bits per heavy atom. The SMILES string of the molecule is NC(=O)c1cc2ccc(N)cc2[nH]1. The molecule has 1 aromatic heterocycles. The molecule has 0 bridgehead atoms. The molecule has 5 N–H and O–H groups in total. The number of nitrogen functional groups attached to an aromatic ring is 1. The predicted molar refractivity (Wildman–Crippen MR) is 51.2 cm³/mol. The summed E-state index contributed by atoms with van der Waals surface area (Å²) in [6, 6.07) is 7.09. The number of benzene rings is 1. The van der Waals surface area contributed by atoms with E-state index in [2.05, 4.69) is 4.98 Å². The number of nitrogens with one attached hydrogen (secondary N) is 1. The van der Waals surface area contributed by atoms with Gasteiger partial charge in [-0.15, -0.1) is 0 Å². The molecule has 0 spiro atoms. The molecule has 1 amide bonds. The number of nitrogens with two attached hydrogens (primary N) is 2. The van der Waals surface area contributed by atoms with Crippen LogP contribution in [0.4, 0.5) is 5.69 Å². The minimum absolute atomic E-state index is 0.403. The van der Waals surface area contributed by atoms with E-state index in [1.165, 1.54) is 0 Å². The number of hydrogen-bond acceptors (Lipinski definition) is 2. The lowest BCUT2D eigenvalue weighted by atomic mass is 10.2. The van der Waals surface area contributed by atoms with Gasteiger partial charge in [0.15, 0.2) is 0 Å². The Morgan fingerprint density at radius 2 is 2.08 bits per heavy atom. The van der Waals surface area contributed by atoms with Crippen LogP contribution >= 0.6 is 0 Å². The first-order chi connectivity index (χ1) is 6.16. The van der Waals surface area contributed by atoms with Gasteiger partial charge < -0.3 is 16.5 Å². The predicted octanol–water partition coefficient (Wildman–Crippen LogP) is 0.849. The van der Waals surface area contributed by atoms with Crippen molar-refractivity contribution in [2.45, 2.75) is 0 Å². The number of fused-ring (bicyclic) bond motifs is 1. The molecule has 4 heteroatoms. The lowest BCUT2D eigenvalue weighted by Crippen LogP contribution is -2.10. The highest BCUT2D eigenvalue weighted by Crippen LogP contribution is 2.17. The van der Waals surface area contributed by atoms with E-state index in [-0.39, 0.29) is 0 Å². The van der Waals surface area contributed by atoms with Crippen LogP contribution in [0.15, 0.2) is 24.3 Å². The minimum Gasteiger partial charge on any atom is -0.399 e. The number of carbonyl (C=O) groups excluding carboxylic acids is 1. The van der Waals surface area contributed by atoms with Gasteiger partial charge in [-0.05, 0) is 18.2 Å². The highest BCUT2D eigenvalue weighted by atomic mass is 16.1. The zero-order chi connectivity index (χ0) is 9.42. The summed E-state index contributed by atoms with van der Waals surface area (Å²) in [5.41, 5.74) is 12.6. The van der Waals surface area contributed by atoms with Crippen molar-refractivity contribution in [2.24, 2.45) is 5.73 Å². The third kappa shape index (κ3) is 1.22. The number of aromatic amines is 1. The van der Waals surface area contributed by atoms with Crippen molar-refractivity contribution in [3.63, 3.8) is 0 Å². The molecule has 0 unspecified atom stereocenters. The normalized spacial score (nSPS) is 10.5. The molecule has 13 heavy (non-hydrogen) atoms. The monoisotopic (exact) mass is 175 g/mol. The Bertz CT molecular complexity index is 473. The van der Waals surface area contributed by atoms with Crippen molar-refractivity contribution in [1.29, 1.82) is 0 Å². The van der Waals surface area contributed by atoms with Crippen LogP contribution in [0.3, 0.4) is 0 Å². The first-order valence-electron chi connectivity index (χ1n) is 3.85. The van der Waals surface area contributed by atoms with Gasteiger partial charge in [0.1, 0.15) is 5.69 Å². The maximum Gasteiger partial charge on any atom is 0.265 e. The van der Waals surface area contributed by atoms with E-state index in [0.29, 0.717) is 11.4 Å². The van der Waals surface area contributed by atoms with Crippen LogP contribution in [0.25, 0.3) is 10.9 Å². The van der Waals surface area contributed by atoms with E-state index < -0.39 is 5.91 Å². The van der Waals surface area contributed by atoms with Gasteiger partial charge in [0.25, 0.3) is 5.91 Å². The third-order valence-corrected chi connectivity index (χ3v) is 1.91. The quantitative estimate of drug-likeness (QED) is 0.561. The number of anilines is 1. The average molecular weight is 175 g/mol. The molecule has 0 radical (unpaired) electrons. The maximum absolute atomic E-state index is 10.8. The second-order valence-corrected chi connectivity index (χ2v) is 2.89. The van der Waals surface area contributed by atoms with Gasteiger partial charge >= 0.3 is 0 Å². The molecule has 0 aliphatic rings. The van der Waals surface area contributed by atoms with Gasteiger partial charge in [0, 0.05) is 16.6 Å². The summed E-state index contributed by atoms with van der Waals surface area (Å²) in [5.74, 6) is -0.463. The van der Waals surface area contributed by atoms with Gasteiger partial charge in [-0.3, -0.25) is 4.79 Å². The number of amides is 1. The standard InChI is InChI=1S/C9H9N3O/c10-6-2-1-5-3-8(9(11)13)12-7(5)4-6/h1-4,12H,10H2,(H2,11,13). The lowest BCUT2D eigenvalue weighted by Gasteiger charge is -1.91. The molecule has 1 heterocycles. The fraction of sp³-hybridized carbons (Fsp3) is 0. The molecule has 0 saturated heterocycles. The van der Waals surface area contributed by atoms with Crippen LogP contribution in [0.2, 0.25) is 0 Å². The molecule has 1 aromatic carbocycles.